The molecule has 2 fully saturated rings. The Bertz CT molecular complexity index is 123. The number of rotatable bonds is 2. The van der Waals surface area contributed by atoms with Gasteiger partial charge >= 0.3 is 0 Å². The van der Waals surface area contributed by atoms with Gasteiger partial charge in [0.2, 0.25) is 0 Å². The van der Waals surface area contributed by atoms with Crippen LogP contribution < -0.4 is 16.0 Å². The first kappa shape index (κ1) is 9.40. The number of hydrogen-bond acceptors (Lipinski definition) is 4. The summed E-state index contributed by atoms with van der Waals surface area (Å²) >= 11 is 0. The first-order valence-corrected chi connectivity index (χ1v) is 5.32. The summed E-state index contributed by atoms with van der Waals surface area (Å²) in [5, 5.41) is 10.3. The van der Waals surface area contributed by atoms with Crippen molar-refractivity contribution in [2.24, 2.45) is 0 Å². The summed E-state index contributed by atoms with van der Waals surface area (Å²) in [6, 6.07) is 0.659. The lowest BCUT2D eigenvalue weighted by atomic mass is 10.2. The average Bonchev–Trinajstić information content (AvgIpc) is 2.21. The second kappa shape index (κ2) is 4.91. The van der Waals surface area contributed by atoms with E-state index in [4.69, 9.17) is 0 Å². The van der Waals surface area contributed by atoms with Crippen LogP contribution in [0.3, 0.4) is 0 Å². The Balaban J connectivity index is 1.69. The molecule has 13 heavy (non-hydrogen) atoms. The molecule has 0 aliphatic carbocycles. The minimum absolute atomic E-state index is 0.659. The predicted molar refractivity (Wildman–Crippen MR) is 54.0 cm³/mol. The van der Waals surface area contributed by atoms with Crippen LogP contribution in [-0.2, 0) is 0 Å². The quantitative estimate of drug-likeness (QED) is 0.486. The van der Waals surface area contributed by atoms with Gasteiger partial charge in [-0.1, -0.05) is 0 Å². The SMILES string of the molecule is C1CN(CC2CNCCN2)CCN1. The van der Waals surface area contributed by atoms with Gasteiger partial charge in [-0.15, -0.1) is 0 Å². The van der Waals surface area contributed by atoms with E-state index in [9.17, 15) is 0 Å². The van der Waals surface area contributed by atoms with Crippen LogP contribution in [-0.4, -0.2) is 63.3 Å². The van der Waals surface area contributed by atoms with Crippen molar-refractivity contribution in [3.63, 3.8) is 0 Å². The van der Waals surface area contributed by atoms with Crippen LogP contribution in [0.5, 0.6) is 0 Å². The normalized spacial score (nSPS) is 31.8. The number of nitrogens with one attached hydrogen (secondary N) is 3. The van der Waals surface area contributed by atoms with Crippen LogP contribution in [0, 0.1) is 0 Å². The van der Waals surface area contributed by atoms with Gasteiger partial charge in [0.25, 0.3) is 0 Å². The second-order valence-electron chi connectivity index (χ2n) is 3.91. The van der Waals surface area contributed by atoms with Crippen LogP contribution in [0.4, 0.5) is 0 Å². The van der Waals surface area contributed by atoms with Crippen molar-refractivity contribution in [3.8, 4) is 0 Å². The summed E-state index contributed by atoms with van der Waals surface area (Å²) in [7, 11) is 0. The minimum Gasteiger partial charge on any atom is -0.314 e. The molecule has 1 unspecified atom stereocenters. The van der Waals surface area contributed by atoms with Gasteiger partial charge in [-0.3, -0.25) is 4.90 Å². The van der Waals surface area contributed by atoms with Crippen LogP contribution in [0.1, 0.15) is 0 Å². The van der Waals surface area contributed by atoms with Gasteiger partial charge in [0.1, 0.15) is 0 Å². The summed E-state index contributed by atoms with van der Waals surface area (Å²) < 4.78 is 0. The molecule has 0 bridgehead atoms. The Kier molecular flexibility index (Phi) is 3.55. The third kappa shape index (κ3) is 2.91. The summed E-state index contributed by atoms with van der Waals surface area (Å²) in [4.78, 5) is 2.54. The van der Waals surface area contributed by atoms with E-state index in [1.165, 1.54) is 19.6 Å². The molecule has 2 heterocycles. The van der Waals surface area contributed by atoms with E-state index in [2.05, 4.69) is 20.9 Å². The molecule has 1 atom stereocenters. The number of piperazine rings is 2. The van der Waals surface area contributed by atoms with Gasteiger partial charge in [0.15, 0.2) is 0 Å². The van der Waals surface area contributed by atoms with Crippen molar-refractivity contribution >= 4 is 0 Å². The maximum Gasteiger partial charge on any atom is 0.0320 e. The Labute approximate surface area is 80.1 Å². The van der Waals surface area contributed by atoms with Crippen LogP contribution in [0.2, 0.25) is 0 Å². The molecule has 3 N–H and O–H groups in total. The van der Waals surface area contributed by atoms with E-state index in [-0.39, 0.29) is 0 Å². The topological polar surface area (TPSA) is 39.3 Å². The van der Waals surface area contributed by atoms with E-state index in [0.29, 0.717) is 6.04 Å². The van der Waals surface area contributed by atoms with Gasteiger partial charge < -0.3 is 16.0 Å². The summed E-state index contributed by atoms with van der Waals surface area (Å²) in [5.41, 5.74) is 0. The fourth-order valence-corrected chi connectivity index (χ4v) is 2.05. The van der Waals surface area contributed by atoms with Gasteiger partial charge in [0.05, 0.1) is 0 Å². The van der Waals surface area contributed by atoms with Crippen molar-refractivity contribution in [2.75, 3.05) is 52.4 Å². The standard InChI is InChI=1S/C9H20N4/c1-2-12-9(7-11-1)8-13-5-3-10-4-6-13/h9-12H,1-8H2. The van der Waals surface area contributed by atoms with Crippen LogP contribution >= 0.6 is 0 Å². The molecule has 76 valence electrons. The largest absolute Gasteiger partial charge is 0.314 e. The highest BCUT2D eigenvalue weighted by molar-refractivity contribution is 4.80. The molecule has 2 aliphatic rings. The van der Waals surface area contributed by atoms with Crippen molar-refractivity contribution in [2.45, 2.75) is 6.04 Å². The summed E-state index contributed by atoms with van der Waals surface area (Å²) in [5.74, 6) is 0. The molecule has 4 nitrogen and oxygen atoms in total. The van der Waals surface area contributed by atoms with E-state index < -0.39 is 0 Å². The number of nitrogens with zero attached hydrogens (tertiary/aromatic N) is 1. The van der Waals surface area contributed by atoms with Crippen molar-refractivity contribution < 1.29 is 0 Å². The molecule has 2 aliphatic heterocycles. The van der Waals surface area contributed by atoms with E-state index in [1.807, 2.05) is 0 Å². The van der Waals surface area contributed by atoms with Gasteiger partial charge in [-0.25, -0.2) is 0 Å². The van der Waals surface area contributed by atoms with Crippen molar-refractivity contribution in [3.05, 3.63) is 0 Å². The maximum atomic E-state index is 3.54. The molecule has 0 saturated carbocycles. The lowest BCUT2D eigenvalue weighted by Gasteiger charge is -2.33. The lowest BCUT2D eigenvalue weighted by Crippen LogP contribution is -2.55. The molecule has 0 aromatic carbocycles. The molecular weight excluding hydrogens is 164 g/mol. The zero-order valence-corrected chi connectivity index (χ0v) is 8.18. The number of hydrogen-bond donors (Lipinski definition) is 3. The fraction of sp³-hybridized carbons (Fsp3) is 1.00. The van der Waals surface area contributed by atoms with E-state index >= 15 is 0 Å². The smallest absolute Gasteiger partial charge is 0.0320 e. The molecule has 2 saturated heterocycles. The molecule has 0 radical (unpaired) electrons. The molecular formula is C9H20N4. The highest BCUT2D eigenvalue weighted by Crippen LogP contribution is 1.96. The third-order valence-corrected chi connectivity index (χ3v) is 2.81. The maximum absolute atomic E-state index is 3.54. The Morgan fingerprint density at radius 2 is 1.85 bits per heavy atom. The molecule has 0 amide bonds. The molecule has 2 rings (SSSR count). The first-order valence-electron chi connectivity index (χ1n) is 5.32. The monoisotopic (exact) mass is 184 g/mol. The second-order valence-corrected chi connectivity index (χ2v) is 3.91. The predicted octanol–water partition coefficient (Wildman–Crippen LogP) is -1.55. The van der Waals surface area contributed by atoms with Gasteiger partial charge in [-0.05, 0) is 0 Å². The zero-order chi connectivity index (χ0) is 8.93. The Morgan fingerprint density at radius 3 is 2.54 bits per heavy atom. The third-order valence-electron chi connectivity index (χ3n) is 2.81. The van der Waals surface area contributed by atoms with E-state index in [0.717, 1.165) is 32.7 Å². The average molecular weight is 184 g/mol. The summed E-state index contributed by atoms with van der Waals surface area (Å²) in [6.07, 6.45) is 0. The fourth-order valence-electron chi connectivity index (χ4n) is 2.05. The first-order chi connectivity index (χ1) is 6.45. The Hall–Kier alpha value is -0.160. The lowest BCUT2D eigenvalue weighted by molar-refractivity contribution is 0.207. The van der Waals surface area contributed by atoms with Crippen molar-refractivity contribution in [1.29, 1.82) is 0 Å². The molecule has 0 aromatic heterocycles. The van der Waals surface area contributed by atoms with Crippen molar-refractivity contribution in [1.82, 2.24) is 20.9 Å². The van der Waals surface area contributed by atoms with Crippen LogP contribution in [0.25, 0.3) is 0 Å². The molecule has 0 spiro atoms. The van der Waals surface area contributed by atoms with Crippen LogP contribution in [0.15, 0.2) is 0 Å². The van der Waals surface area contributed by atoms with E-state index in [1.54, 1.807) is 0 Å². The molecule has 4 heteroatoms. The Morgan fingerprint density at radius 1 is 1.00 bits per heavy atom. The van der Waals surface area contributed by atoms with Gasteiger partial charge in [-0.2, -0.15) is 0 Å². The highest BCUT2D eigenvalue weighted by Gasteiger charge is 2.17. The molecule has 0 aromatic rings. The zero-order valence-electron chi connectivity index (χ0n) is 8.18. The summed E-state index contributed by atoms with van der Waals surface area (Å²) in [6.45, 7) is 9.30. The highest BCUT2D eigenvalue weighted by atomic mass is 15.2. The van der Waals surface area contributed by atoms with Gasteiger partial charge in [0, 0.05) is 58.4 Å². The minimum atomic E-state index is 0.659.